The summed E-state index contributed by atoms with van der Waals surface area (Å²) in [6.07, 6.45) is 3.12. The fourth-order valence-corrected chi connectivity index (χ4v) is 4.67. The SMILES string of the molecule is Cc1cc(F)c(NC(=O)N2C3CC(C)C[C@H]2C3)cc1B1OC(C)(C)C(C)(C)O1. The second-order valence-corrected chi connectivity index (χ2v) is 9.73. The number of hydrogen-bond donors (Lipinski definition) is 1. The molecule has 28 heavy (non-hydrogen) atoms. The van der Waals surface area contributed by atoms with Gasteiger partial charge in [-0.05, 0) is 83.0 Å². The van der Waals surface area contributed by atoms with Gasteiger partial charge in [-0.25, -0.2) is 9.18 Å². The number of amides is 2. The topological polar surface area (TPSA) is 50.8 Å². The number of piperidine rings is 1. The molecule has 3 aliphatic rings. The van der Waals surface area contributed by atoms with E-state index in [9.17, 15) is 9.18 Å². The lowest BCUT2D eigenvalue weighted by Crippen LogP contribution is -2.63. The highest BCUT2D eigenvalue weighted by Gasteiger charge is 2.52. The highest BCUT2D eigenvalue weighted by molar-refractivity contribution is 6.62. The molecule has 3 heterocycles. The van der Waals surface area contributed by atoms with E-state index >= 15 is 0 Å². The molecule has 1 aromatic carbocycles. The van der Waals surface area contributed by atoms with Gasteiger partial charge in [0.05, 0.1) is 16.9 Å². The molecule has 1 N–H and O–H groups in total. The average Bonchev–Trinajstić information content (AvgIpc) is 2.77. The number of anilines is 1. The van der Waals surface area contributed by atoms with Crippen LogP contribution in [-0.2, 0) is 9.31 Å². The molecule has 2 unspecified atom stereocenters. The summed E-state index contributed by atoms with van der Waals surface area (Å²) < 4.78 is 26.8. The van der Waals surface area contributed by atoms with Crippen LogP contribution in [0, 0.1) is 18.7 Å². The Balaban J connectivity index is 1.54. The van der Waals surface area contributed by atoms with Gasteiger partial charge >= 0.3 is 13.1 Å². The van der Waals surface area contributed by atoms with Crippen molar-refractivity contribution in [3.05, 3.63) is 23.5 Å². The zero-order chi connectivity index (χ0) is 20.4. The summed E-state index contributed by atoms with van der Waals surface area (Å²) in [6.45, 7) is 12.0. The first-order valence-corrected chi connectivity index (χ1v) is 10.2. The molecule has 7 heteroatoms. The van der Waals surface area contributed by atoms with Crippen LogP contribution in [0.25, 0.3) is 0 Å². The van der Waals surface area contributed by atoms with Crippen molar-refractivity contribution in [2.24, 2.45) is 5.92 Å². The van der Waals surface area contributed by atoms with Gasteiger partial charge in [-0.15, -0.1) is 0 Å². The lowest BCUT2D eigenvalue weighted by molar-refractivity contribution is -0.00603. The molecule has 3 saturated heterocycles. The summed E-state index contributed by atoms with van der Waals surface area (Å²) in [5, 5.41) is 2.79. The van der Waals surface area contributed by atoms with Crippen molar-refractivity contribution < 1.29 is 18.5 Å². The molecule has 3 aliphatic heterocycles. The Morgan fingerprint density at radius 3 is 2.29 bits per heavy atom. The maximum Gasteiger partial charge on any atom is 0.495 e. The van der Waals surface area contributed by atoms with Crippen LogP contribution in [0.15, 0.2) is 12.1 Å². The van der Waals surface area contributed by atoms with E-state index in [1.54, 1.807) is 6.07 Å². The minimum absolute atomic E-state index is 0.179. The smallest absolute Gasteiger partial charge is 0.399 e. The molecule has 0 saturated carbocycles. The zero-order valence-electron chi connectivity index (χ0n) is 17.6. The number of urea groups is 1. The molecule has 3 fully saturated rings. The van der Waals surface area contributed by atoms with Gasteiger partial charge in [-0.3, -0.25) is 0 Å². The number of fused-ring (bicyclic) bond motifs is 2. The van der Waals surface area contributed by atoms with Crippen LogP contribution in [0.2, 0.25) is 0 Å². The zero-order valence-corrected chi connectivity index (χ0v) is 17.6. The summed E-state index contributed by atoms with van der Waals surface area (Å²) in [5.41, 5.74) is 0.705. The van der Waals surface area contributed by atoms with E-state index in [1.807, 2.05) is 39.5 Å². The average molecular weight is 388 g/mol. The van der Waals surface area contributed by atoms with Crippen LogP contribution in [0.5, 0.6) is 0 Å². The molecule has 0 spiro atoms. The Morgan fingerprint density at radius 1 is 1.14 bits per heavy atom. The van der Waals surface area contributed by atoms with E-state index in [0.29, 0.717) is 5.92 Å². The number of nitrogens with zero attached hydrogens (tertiary/aromatic N) is 1. The number of carbonyl (C=O) groups excluding carboxylic acids is 1. The van der Waals surface area contributed by atoms with Crippen molar-refractivity contribution in [2.75, 3.05) is 5.32 Å². The molecule has 2 bridgehead atoms. The second kappa shape index (κ2) is 6.46. The predicted molar refractivity (Wildman–Crippen MR) is 108 cm³/mol. The third kappa shape index (κ3) is 3.13. The lowest BCUT2D eigenvalue weighted by Gasteiger charge is -2.54. The van der Waals surface area contributed by atoms with E-state index in [1.165, 1.54) is 6.07 Å². The maximum absolute atomic E-state index is 14.6. The summed E-state index contributed by atoms with van der Waals surface area (Å²) >= 11 is 0. The highest BCUT2D eigenvalue weighted by Crippen LogP contribution is 2.41. The van der Waals surface area contributed by atoms with Crippen molar-refractivity contribution in [3.63, 3.8) is 0 Å². The van der Waals surface area contributed by atoms with Crippen molar-refractivity contribution in [1.82, 2.24) is 4.90 Å². The number of aryl methyl sites for hydroxylation is 1. The van der Waals surface area contributed by atoms with Crippen molar-refractivity contribution in [3.8, 4) is 0 Å². The molecule has 3 atom stereocenters. The molecule has 2 amide bonds. The molecular formula is C21H30BFN2O3. The number of halogens is 1. The Labute approximate surface area is 167 Å². The van der Waals surface area contributed by atoms with Crippen LogP contribution >= 0.6 is 0 Å². The Kier molecular flexibility index (Phi) is 4.55. The molecule has 0 aromatic heterocycles. The second-order valence-electron chi connectivity index (χ2n) is 9.73. The fraction of sp³-hybridized carbons (Fsp3) is 0.667. The number of benzene rings is 1. The Hall–Kier alpha value is -1.60. The Morgan fingerprint density at radius 2 is 1.71 bits per heavy atom. The largest absolute Gasteiger partial charge is 0.495 e. The van der Waals surface area contributed by atoms with Crippen LogP contribution in [0.1, 0.15) is 59.4 Å². The summed E-state index contributed by atoms with van der Waals surface area (Å²) in [6, 6.07) is 3.45. The minimum Gasteiger partial charge on any atom is -0.399 e. The quantitative estimate of drug-likeness (QED) is 0.784. The maximum atomic E-state index is 14.6. The van der Waals surface area contributed by atoms with Crippen molar-refractivity contribution in [2.45, 2.75) is 84.1 Å². The fourth-order valence-electron chi connectivity index (χ4n) is 4.67. The van der Waals surface area contributed by atoms with Gasteiger partial charge in [0.15, 0.2) is 0 Å². The van der Waals surface area contributed by atoms with Gasteiger partial charge < -0.3 is 19.5 Å². The molecule has 5 nitrogen and oxygen atoms in total. The number of rotatable bonds is 2. The first kappa shape index (κ1) is 19.7. The first-order chi connectivity index (χ1) is 13.0. The highest BCUT2D eigenvalue weighted by atomic mass is 19.1. The third-order valence-corrected chi connectivity index (χ3v) is 7.02. The number of nitrogens with one attached hydrogen (secondary N) is 1. The Bertz CT molecular complexity index is 785. The van der Waals surface area contributed by atoms with Gasteiger partial charge in [0, 0.05) is 12.1 Å². The summed E-state index contributed by atoms with van der Waals surface area (Å²) in [7, 11) is -0.592. The van der Waals surface area contributed by atoms with Crippen LogP contribution in [0.3, 0.4) is 0 Å². The number of carbonyl (C=O) groups is 1. The molecule has 0 aliphatic carbocycles. The third-order valence-electron chi connectivity index (χ3n) is 7.02. The van der Waals surface area contributed by atoms with Gasteiger partial charge in [0.2, 0.25) is 0 Å². The van der Waals surface area contributed by atoms with E-state index in [4.69, 9.17) is 9.31 Å². The summed E-state index contributed by atoms with van der Waals surface area (Å²) in [5.74, 6) is 0.212. The molecule has 152 valence electrons. The van der Waals surface area contributed by atoms with Crippen molar-refractivity contribution in [1.29, 1.82) is 0 Å². The molecule has 0 radical (unpaired) electrons. The van der Waals surface area contributed by atoms with E-state index in [-0.39, 0.29) is 23.8 Å². The van der Waals surface area contributed by atoms with Gasteiger partial charge in [-0.1, -0.05) is 6.92 Å². The van der Waals surface area contributed by atoms with Gasteiger partial charge in [0.25, 0.3) is 0 Å². The van der Waals surface area contributed by atoms with E-state index in [2.05, 4.69) is 12.2 Å². The monoisotopic (exact) mass is 388 g/mol. The van der Waals surface area contributed by atoms with Gasteiger partial charge in [0.1, 0.15) is 5.82 Å². The minimum atomic E-state index is -0.592. The van der Waals surface area contributed by atoms with E-state index in [0.717, 1.165) is 30.3 Å². The van der Waals surface area contributed by atoms with E-state index < -0.39 is 24.1 Å². The lowest BCUT2D eigenvalue weighted by atomic mass is 9.74. The molecular weight excluding hydrogens is 358 g/mol. The molecule has 4 rings (SSSR count). The first-order valence-electron chi connectivity index (χ1n) is 10.2. The van der Waals surface area contributed by atoms with Gasteiger partial charge in [-0.2, -0.15) is 0 Å². The normalized spacial score (nSPS) is 30.2. The van der Waals surface area contributed by atoms with Crippen LogP contribution in [-0.4, -0.2) is 41.3 Å². The molecule has 1 aromatic rings. The predicted octanol–water partition coefficient (Wildman–Crippen LogP) is 3.84. The van der Waals surface area contributed by atoms with Crippen LogP contribution in [0.4, 0.5) is 14.9 Å². The number of hydrogen-bond acceptors (Lipinski definition) is 3. The summed E-state index contributed by atoms with van der Waals surface area (Å²) in [4.78, 5) is 14.7. The standard InChI is InChI=1S/C21H30BFN2O3/c1-12-7-14-10-15(8-12)25(14)19(26)24-18-11-16(13(2)9-17(18)23)22-27-20(3,4)21(5,6)28-22/h9,11-12,14-15H,7-8,10H2,1-6H3,(H,24,26)/t12?,14-,15?/m0/s1. The van der Waals surface area contributed by atoms with Crippen LogP contribution < -0.4 is 10.8 Å². The van der Waals surface area contributed by atoms with Crippen molar-refractivity contribution >= 4 is 24.3 Å².